The van der Waals surface area contributed by atoms with Crippen LogP contribution in [0.15, 0.2) is 18.6 Å². The normalized spacial score (nSPS) is 28.2. The average Bonchev–Trinajstić information content (AvgIpc) is 2.95. The summed E-state index contributed by atoms with van der Waals surface area (Å²) in [5, 5.41) is 10.4. The molecule has 1 saturated carbocycles. The van der Waals surface area contributed by atoms with Crippen molar-refractivity contribution in [1.29, 1.82) is 0 Å². The van der Waals surface area contributed by atoms with E-state index in [9.17, 15) is 9.90 Å². The molecule has 7 nitrogen and oxygen atoms in total. The van der Waals surface area contributed by atoms with E-state index >= 15 is 0 Å². The van der Waals surface area contributed by atoms with Crippen LogP contribution >= 0.6 is 0 Å². The van der Waals surface area contributed by atoms with Crippen LogP contribution in [0.25, 0.3) is 11.0 Å². The topological polar surface area (TPSA) is 85.3 Å². The largest absolute Gasteiger partial charge is 0.465 e. The SMILES string of the molecule is CN(C[C@H]1[C@@H]2CN(C(=O)O)C[C@@]21C(C)(C)C)c1ncnc2[nH]ccc12. The number of fused-ring (bicyclic) bond motifs is 2. The Labute approximate surface area is 147 Å². The number of nitrogens with one attached hydrogen (secondary N) is 1. The number of anilines is 1. The summed E-state index contributed by atoms with van der Waals surface area (Å²) in [5.74, 6) is 1.84. The Balaban J connectivity index is 1.58. The average molecular weight is 343 g/mol. The third kappa shape index (κ3) is 2.21. The summed E-state index contributed by atoms with van der Waals surface area (Å²) < 4.78 is 0. The van der Waals surface area contributed by atoms with E-state index in [1.807, 2.05) is 12.3 Å². The van der Waals surface area contributed by atoms with E-state index in [-0.39, 0.29) is 10.8 Å². The van der Waals surface area contributed by atoms with Crippen molar-refractivity contribution in [3.05, 3.63) is 18.6 Å². The number of rotatable bonds is 3. The van der Waals surface area contributed by atoms with Gasteiger partial charge in [-0.25, -0.2) is 14.8 Å². The van der Waals surface area contributed by atoms with E-state index < -0.39 is 6.09 Å². The fourth-order valence-electron chi connectivity index (χ4n) is 5.08. The zero-order chi connectivity index (χ0) is 18.0. The Morgan fingerprint density at radius 2 is 2.24 bits per heavy atom. The maximum atomic E-state index is 11.4. The quantitative estimate of drug-likeness (QED) is 0.895. The van der Waals surface area contributed by atoms with Crippen LogP contribution in [0.3, 0.4) is 0 Å². The monoisotopic (exact) mass is 343 g/mol. The lowest BCUT2D eigenvalue weighted by Gasteiger charge is -2.34. The molecule has 2 aliphatic rings. The van der Waals surface area contributed by atoms with Crippen molar-refractivity contribution in [2.45, 2.75) is 20.8 Å². The Morgan fingerprint density at radius 1 is 1.48 bits per heavy atom. The number of amides is 1. The Morgan fingerprint density at radius 3 is 2.88 bits per heavy atom. The molecule has 0 aromatic carbocycles. The van der Waals surface area contributed by atoms with Crippen LogP contribution in [-0.4, -0.2) is 57.7 Å². The first kappa shape index (κ1) is 16.2. The summed E-state index contributed by atoms with van der Waals surface area (Å²) >= 11 is 0. The van der Waals surface area contributed by atoms with E-state index in [0.717, 1.165) is 23.4 Å². The minimum Gasteiger partial charge on any atom is -0.465 e. The van der Waals surface area contributed by atoms with Crippen molar-refractivity contribution in [2.24, 2.45) is 22.7 Å². The van der Waals surface area contributed by atoms with Gasteiger partial charge >= 0.3 is 6.09 Å². The van der Waals surface area contributed by atoms with Gasteiger partial charge in [0, 0.05) is 38.3 Å². The van der Waals surface area contributed by atoms with Crippen molar-refractivity contribution in [3.8, 4) is 0 Å². The molecular formula is C18H25N5O2. The molecule has 1 aliphatic heterocycles. The number of hydrogen-bond donors (Lipinski definition) is 2. The number of aromatic nitrogens is 3. The smallest absolute Gasteiger partial charge is 0.407 e. The summed E-state index contributed by atoms with van der Waals surface area (Å²) in [6.45, 7) is 8.88. The van der Waals surface area contributed by atoms with E-state index in [4.69, 9.17) is 0 Å². The van der Waals surface area contributed by atoms with Crippen LogP contribution in [0, 0.1) is 22.7 Å². The lowest BCUT2D eigenvalue weighted by Crippen LogP contribution is -2.39. The first-order valence-electron chi connectivity index (χ1n) is 8.73. The van der Waals surface area contributed by atoms with E-state index in [2.05, 4.69) is 47.7 Å². The third-order valence-electron chi connectivity index (χ3n) is 6.40. The van der Waals surface area contributed by atoms with Gasteiger partial charge in [0.1, 0.15) is 17.8 Å². The molecule has 7 heteroatoms. The number of H-pyrrole nitrogens is 1. The second-order valence-electron chi connectivity index (χ2n) is 8.48. The molecule has 0 unspecified atom stereocenters. The summed E-state index contributed by atoms with van der Waals surface area (Å²) in [6, 6.07) is 2.00. The van der Waals surface area contributed by atoms with Crippen LogP contribution in [0.5, 0.6) is 0 Å². The predicted octanol–water partition coefficient (Wildman–Crippen LogP) is 2.67. The van der Waals surface area contributed by atoms with E-state index in [0.29, 0.717) is 24.9 Å². The number of likely N-dealkylation sites (tertiary alicyclic amines) is 1. The molecule has 0 radical (unpaired) electrons. The lowest BCUT2D eigenvalue weighted by atomic mass is 9.75. The highest BCUT2D eigenvalue weighted by molar-refractivity contribution is 5.87. The van der Waals surface area contributed by atoms with Crippen LogP contribution in [0.4, 0.5) is 10.6 Å². The fraction of sp³-hybridized carbons (Fsp3) is 0.611. The van der Waals surface area contributed by atoms with Gasteiger partial charge in [-0.2, -0.15) is 0 Å². The van der Waals surface area contributed by atoms with Gasteiger partial charge in [-0.1, -0.05) is 20.8 Å². The van der Waals surface area contributed by atoms with Gasteiger partial charge in [0.2, 0.25) is 0 Å². The minimum atomic E-state index is -0.798. The summed E-state index contributed by atoms with van der Waals surface area (Å²) in [4.78, 5) is 27.0. The lowest BCUT2D eigenvalue weighted by molar-refractivity contribution is 0.123. The first-order valence-corrected chi connectivity index (χ1v) is 8.73. The number of nitrogens with zero attached hydrogens (tertiary/aromatic N) is 4. The number of piperidine rings is 1. The molecule has 0 spiro atoms. The Kier molecular flexibility index (Phi) is 3.30. The van der Waals surface area contributed by atoms with Crippen molar-refractivity contribution >= 4 is 22.9 Å². The van der Waals surface area contributed by atoms with Gasteiger partial charge < -0.3 is 19.9 Å². The molecule has 2 aromatic heterocycles. The number of carboxylic acid groups (broad SMARTS) is 1. The van der Waals surface area contributed by atoms with Gasteiger partial charge in [-0.05, 0) is 23.3 Å². The van der Waals surface area contributed by atoms with Crippen molar-refractivity contribution in [1.82, 2.24) is 19.9 Å². The van der Waals surface area contributed by atoms with Crippen LogP contribution < -0.4 is 4.90 Å². The molecule has 2 aromatic rings. The van der Waals surface area contributed by atoms with E-state index in [1.54, 1.807) is 11.2 Å². The second kappa shape index (κ2) is 5.09. The molecule has 1 saturated heterocycles. The van der Waals surface area contributed by atoms with Crippen molar-refractivity contribution in [3.63, 3.8) is 0 Å². The number of carbonyl (C=O) groups is 1. The molecule has 2 N–H and O–H groups in total. The standard InChI is InChI=1S/C18H25N5O2/c1-17(2,3)18-9-23(16(24)25)8-13(18)12(18)7-22(4)15-11-5-6-19-14(11)20-10-21-15/h5-6,10,12-13H,7-9H2,1-4H3,(H,24,25)(H,19,20,21)/t12-,13-,18-/m0/s1. The molecule has 25 heavy (non-hydrogen) atoms. The Hall–Kier alpha value is -2.31. The molecule has 1 aliphatic carbocycles. The molecule has 2 fully saturated rings. The highest BCUT2D eigenvalue weighted by Crippen LogP contribution is 2.71. The predicted molar refractivity (Wildman–Crippen MR) is 95.6 cm³/mol. The highest BCUT2D eigenvalue weighted by atomic mass is 16.4. The molecule has 3 atom stereocenters. The zero-order valence-corrected chi connectivity index (χ0v) is 15.2. The van der Waals surface area contributed by atoms with Crippen molar-refractivity contribution in [2.75, 3.05) is 31.6 Å². The minimum absolute atomic E-state index is 0.0595. The molecule has 4 rings (SSSR count). The van der Waals surface area contributed by atoms with Gasteiger partial charge in [0.25, 0.3) is 0 Å². The summed E-state index contributed by atoms with van der Waals surface area (Å²) in [6.07, 6.45) is 2.67. The maximum absolute atomic E-state index is 11.4. The van der Waals surface area contributed by atoms with E-state index in [1.165, 1.54) is 0 Å². The van der Waals surface area contributed by atoms with Gasteiger partial charge in [-0.3, -0.25) is 0 Å². The fourth-order valence-corrected chi connectivity index (χ4v) is 5.08. The van der Waals surface area contributed by atoms with Crippen LogP contribution in [0.1, 0.15) is 20.8 Å². The van der Waals surface area contributed by atoms with Gasteiger partial charge in [0.05, 0.1) is 5.39 Å². The maximum Gasteiger partial charge on any atom is 0.407 e. The van der Waals surface area contributed by atoms with Crippen LogP contribution in [-0.2, 0) is 0 Å². The molecular weight excluding hydrogens is 318 g/mol. The molecule has 0 bridgehead atoms. The second-order valence-corrected chi connectivity index (χ2v) is 8.48. The van der Waals surface area contributed by atoms with Gasteiger partial charge in [-0.15, -0.1) is 0 Å². The summed E-state index contributed by atoms with van der Waals surface area (Å²) in [5.41, 5.74) is 0.974. The molecule has 134 valence electrons. The molecule has 1 amide bonds. The molecule has 3 heterocycles. The third-order valence-corrected chi connectivity index (χ3v) is 6.40. The number of hydrogen-bond acceptors (Lipinski definition) is 4. The van der Waals surface area contributed by atoms with Crippen molar-refractivity contribution < 1.29 is 9.90 Å². The van der Waals surface area contributed by atoms with Crippen LogP contribution in [0.2, 0.25) is 0 Å². The van der Waals surface area contributed by atoms with Gasteiger partial charge in [0.15, 0.2) is 0 Å². The zero-order valence-electron chi connectivity index (χ0n) is 15.2. The first-order chi connectivity index (χ1) is 11.8. The number of aromatic amines is 1. The summed E-state index contributed by atoms with van der Waals surface area (Å²) in [7, 11) is 2.06. The Bertz CT molecular complexity index is 826. The highest BCUT2D eigenvalue weighted by Gasteiger charge is 2.73.